The summed E-state index contributed by atoms with van der Waals surface area (Å²) < 4.78 is 16.9. The van der Waals surface area contributed by atoms with Crippen molar-refractivity contribution in [2.75, 3.05) is 36.4 Å². The molecule has 0 atom stereocenters. The Labute approximate surface area is 160 Å². The number of anilines is 3. The molecule has 0 radical (unpaired) electrons. The minimum atomic E-state index is -0.307. The van der Waals surface area contributed by atoms with Gasteiger partial charge in [0.25, 0.3) is 0 Å². The van der Waals surface area contributed by atoms with Crippen LogP contribution in [0.3, 0.4) is 0 Å². The van der Waals surface area contributed by atoms with Crippen molar-refractivity contribution >= 4 is 33.9 Å². The van der Waals surface area contributed by atoms with Gasteiger partial charge in [0.2, 0.25) is 0 Å². The lowest BCUT2D eigenvalue weighted by molar-refractivity contribution is 0.586. The maximum atomic E-state index is 15.0. The van der Waals surface area contributed by atoms with Crippen LogP contribution in [0.25, 0.3) is 16.6 Å². The van der Waals surface area contributed by atoms with E-state index < -0.39 is 0 Å². The van der Waals surface area contributed by atoms with E-state index in [1.807, 2.05) is 36.7 Å². The Morgan fingerprint density at radius 2 is 1.93 bits per heavy atom. The highest BCUT2D eigenvalue weighted by atomic mass is 19.1. The Hall–Kier alpha value is -3.20. The Morgan fingerprint density at radius 1 is 1.11 bits per heavy atom. The van der Waals surface area contributed by atoms with E-state index >= 15 is 0 Å². The van der Waals surface area contributed by atoms with Crippen LogP contribution in [0.2, 0.25) is 0 Å². The van der Waals surface area contributed by atoms with E-state index in [-0.39, 0.29) is 5.82 Å². The molecule has 1 aliphatic rings. The fourth-order valence-corrected chi connectivity index (χ4v) is 3.74. The number of hydrogen-bond acceptors (Lipinski definition) is 6. The van der Waals surface area contributed by atoms with Gasteiger partial charge in [0.1, 0.15) is 11.6 Å². The summed E-state index contributed by atoms with van der Waals surface area (Å²) in [5.41, 5.74) is 4.04. The molecule has 4 heterocycles. The topological polar surface area (TPSA) is 86.2 Å². The molecule has 0 unspecified atom stereocenters. The first-order chi connectivity index (χ1) is 13.6. The third-order valence-electron chi connectivity index (χ3n) is 5.05. The van der Waals surface area contributed by atoms with Crippen LogP contribution >= 0.6 is 0 Å². The predicted molar refractivity (Wildman–Crippen MR) is 107 cm³/mol. The number of rotatable bonds is 3. The monoisotopic (exact) mass is 380 g/mol. The Bertz CT molecular complexity index is 1170. The highest BCUT2D eigenvalue weighted by Crippen LogP contribution is 2.30. The molecular formula is C19H21FN8. The van der Waals surface area contributed by atoms with Crippen LogP contribution in [0.1, 0.15) is 11.4 Å². The summed E-state index contributed by atoms with van der Waals surface area (Å²) in [5.74, 6) is 0.697. The number of nitrogens with one attached hydrogen (secondary N) is 3. The van der Waals surface area contributed by atoms with E-state index in [0.29, 0.717) is 22.5 Å². The van der Waals surface area contributed by atoms with Crippen LogP contribution in [0, 0.1) is 19.7 Å². The van der Waals surface area contributed by atoms with E-state index in [0.717, 1.165) is 48.9 Å². The zero-order valence-corrected chi connectivity index (χ0v) is 15.8. The van der Waals surface area contributed by atoms with Crippen LogP contribution < -0.4 is 15.5 Å². The van der Waals surface area contributed by atoms with Gasteiger partial charge in [-0.1, -0.05) is 0 Å². The number of H-pyrrole nitrogens is 1. The minimum absolute atomic E-state index is 0.307. The quantitative estimate of drug-likeness (QED) is 0.506. The molecule has 1 aromatic carbocycles. The SMILES string of the molecule is Cc1cn2cc(Nc3n[nH]c4cc(N5CCNCC5)cc(F)c34)nc(C)c2n1. The van der Waals surface area contributed by atoms with Gasteiger partial charge in [-0.3, -0.25) is 5.10 Å². The summed E-state index contributed by atoms with van der Waals surface area (Å²) in [7, 11) is 0. The molecular weight excluding hydrogens is 359 g/mol. The number of aromatic amines is 1. The molecule has 0 saturated carbocycles. The normalized spacial score (nSPS) is 14.9. The van der Waals surface area contributed by atoms with Crippen LogP contribution in [0.15, 0.2) is 24.5 Å². The van der Waals surface area contributed by atoms with Gasteiger partial charge < -0.3 is 19.9 Å². The van der Waals surface area contributed by atoms with Crippen molar-refractivity contribution in [1.29, 1.82) is 0 Å². The lowest BCUT2D eigenvalue weighted by Crippen LogP contribution is -2.43. The summed E-state index contributed by atoms with van der Waals surface area (Å²) in [5, 5.41) is 14.1. The van der Waals surface area contributed by atoms with Crippen molar-refractivity contribution in [3.05, 3.63) is 41.7 Å². The molecule has 3 N–H and O–H groups in total. The molecule has 0 amide bonds. The molecule has 8 nitrogen and oxygen atoms in total. The maximum absolute atomic E-state index is 15.0. The molecule has 28 heavy (non-hydrogen) atoms. The summed E-state index contributed by atoms with van der Waals surface area (Å²) in [6.45, 7) is 7.35. The molecule has 1 saturated heterocycles. The van der Waals surface area contributed by atoms with Gasteiger partial charge in [-0.15, -0.1) is 0 Å². The first kappa shape index (κ1) is 16.9. The van der Waals surface area contributed by atoms with Crippen molar-refractivity contribution in [3.63, 3.8) is 0 Å². The fourth-order valence-electron chi connectivity index (χ4n) is 3.74. The number of fused-ring (bicyclic) bond motifs is 2. The molecule has 3 aromatic heterocycles. The third kappa shape index (κ3) is 2.84. The number of piperazine rings is 1. The molecule has 9 heteroatoms. The summed E-state index contributed by atoms with van der Waals surface area (Å²) in [4.78, 5) is 11.2. The zero-order valence-electron chi connectivity index (χ0n) is 15.8. The Kier molecular flexibility index (Phi) is 3.90. The Balaban J connectivity index is 1.51. The van der Waals surface area contributed by atoms with E-state index in [1.54, 1.807) is 6.07 Å². The number of benzene rings is 1. The van der Waals surface area contributed by atoms with Gasteiger partial charge in [0.05, 0.1) is 28.5 Å². The predicted octanol–water partition coefficient (Wildman–Crippen LogP) is 2.51. The van der Waals surface area contributed by atoms with E-state index in [9.17, 15) is 4.39 Å². The van der Waals surface area contributed by atoms with Crippen molar-refractivity contribution in [1.82, 2.24) is 29.9 Å². The highest BCUT2D eigenvalue weighted by Gasteiger charge is 2.17. The van der Waals surface area contributed by atoms with Gasteiger partial charge in [0.15, 0.2) is 11.5 Å². The molecule has 1 fully saturated rings. The number of nitrogens with zero attached hydrogens (tertiary/aromatic N) is 5. The van der Waals surface area contributed by atoms with Crippen molar-refractivity contribution in [3.8, 4) is 0 Å². The molecule has 0 bridgehead atoms. The van der Waals surface area contributed by atoms with E-state index in [2.05, 4.69) is 35.7 Å². The lowest BCUT2D eigenvalue weighted by Gasteiger charge is -2.29. The van der Waals surface area contributed by atoms with Crippen LogP contribution in [-0.2, 0) is 0 Å². The standard InChI is InChI=1S/C19H21FN8/c1-11-9-28-10-16(23-12(2)19(28)22-11)24-18-17-14(20)7-13(8-15(17)25-26-18)27-5-3-21-4-6-27/h7-10,21H,3-6H2,1-2H3,(H2,24,25,26). The molecule has 144 valence electrons. The van der Waals surface area contributed by atoms with Gasteiger partial charge in [0, 0.05) is 38.1 Å². The maximum Gasteiger partial charge on any atom is 0.164 e. The lowest BCUT2D eigenvalue weighted by atomic mass is 10.2. The molecule has 1 aliphatic heterocycles. The number of imidazole rings is 1. The van der Waals surface area contributed by atoms with Gasteiger partial charge in [-0.2, -0.15) is 5.10 Å². The van der Waals surface area contributed by atoms with Crippen molar-refractivity contribution < 1.29 is 4.39 Å². The first-order valence-electron chi connectivity index (χ1n) is 9.32. The number of aromatic nitrogens is 5. The smallest absolute Gasteiger partial charge is 0.164 e. The summed E-state index contributed by atoms with van der Waals surface area (Å²) >= 11 is 0. The summed E-state index contributed by atoms with van der Waals surface area (Å²) in [6, 6.07) is 3.53. The van der Waals surface area contributed by atoms with Crippen molar-refractivity contribution in [2.45, 2.75) is 13.8 Å². The fraction of sp³-hybridized carbons (Fsp3) is 0.316. The highest BCUT2D eigenvalue weighted by molar-refractivity contribution is 5.93. The second-order valence-electron chi connectivity index (χ2n) is 7.11. The number of halogens is 1. The van der Waals surface area contributed by atoms with E-state index in [1.165, 1.54) is 0 Å². The average Bonchev–Trinajstić information content (AvgIpc) is 3.26. The van der Waals surface area contributed by atoms with Gasteiger partial charge >= 0.3 is 0 Å². The third-order valence-corrected chi connectivity index (χ3v) is 5.05. The van der Waals surface area contributed by atoms with E-state index in [4.69, 9.17) is 0 Å². The minimum Gasteiger partial charge on any atom is -0.369 e. The van der Waals surface area contributed by atoms with Crippen LogP contribution in [-0.4, -0.2) is 50.7 Å². The first-order valence-corrected chi connectivity index (χ1v) is 9.32. The second kappa shape index (κ2) is 6.45. The Morgan fingerprint density at radius 3 is 2.75 bits per heavy atom. The molecule has 0 spiro atoms. The zero-order chi connectivity index (χ0) is 19.3. The number of hydrogen-bond donors (Lipinski definition) is 3. The molecule has 0 aliphatic carbocycles. The van der Waals surface area contributed by atoms with Gasteiger partial charge in [-0.05, 0) is 26.0 Å². The average molecular weight is 380 g/mol. The molecule has 4 aromatic rings. The van der Waals surface area contributed by atoms with Crippen LogP contribution in [0.4, 0.5) is 21.7 Å². The second-order valence-corrected chi connectivity index (χ2v) is 7.11. The van der Waals surface area contributed by atoms with Gasteiger partial charge in [-0.25, -0.2) is 14.4 Å². The molecule has 5 rings (SSSR count). The number of aryl methyl sites for hydroxylation is 2. The van der Waals surface area contributed by atoms with Crippen LogP contribution in [0.5, 0.6) is 0 Å². The van der Waals surface area contributed by atoms with Crippen molar-refractivity contribution in [2.24, 2.45) is 0 Å². The largest absolute Gasteiger partial charge is 0.369 e. The summed E-state index contributed by atoms with van der Waals surface area (Å²) in [6.07, 6.45) is 3.76.